The van der Waals surface area contributed by atoms with Gasteiger partial charge >= 0.3 is 6.09 Å². The summed E-state index contributed by atoms with van der Waals surface area (Å²) in [5, 5.41) is 13.2. The number of alkyl carbamates (subject to hydrolysis) is 1. The number of nitro groups is 1. The van der Waals surface area contributed by atoms with Crippen molar-refractivity contribution in [3.63, 3.8) is 0 Å². The molecule has 0 radical (unpaired) electrons. The molecule has 0 unspecified atom stereocenters. The van der Waals surface area contributed by atoms with E-state index < -0.39 is 16.6 Å². The Bertz CT molecular complexity index is 648. The smallest absolute Gasteiger partial charge is 0.407 e. The molecule has 11 nitrogen and oxygen atoms in total. The van der Waals surface area contributed by atoms with Crippen molar-refractivity contribution in [2.75, 3.05) is 66.0 Å². The molecule has 0 saturated carbocycles. The van der Waals surface area contributed by atoms with E-state index in [9.17, 15) is 14.9 Å². The maximum Gasteiger partial charge on any atom is 0.407 e. The molecule has 0 fully saturated rings. The van der Waals surface area contributed by atoms with E-state index in [2.05, 4.69) is 5.32 Å². The number of rotatable bonds is 17. The number of carbonyl (C=O) groups is 1. The van der Waals surface area contributed by atoms with Gasteiger partial charge in [0.05, 0.1) is 57.8 Å². The number of nitro benzene ring substituents is 1. The summed E-state index contributed by atoms with van der Waals surface area (Å²) in [5.74, 6) is 0.552. The Hall–Kier alpha value is -2.47. The molecule has 0 saturated heterocycles. The molecule has 1 aromatic rings. The van der Waals surface area contributed by atoms with Gasteiger partial charge in [-0.3, -0.25) is 10.1 Å². The van der Waals surface area contributed by atoms with Crippen molar-refractivity contribution in [2.24, 2.45) is 0 Å². The number of non-ortho nitro benzene ring substituents is 1. The van der Waals surface area contributed by atoms with Gasteiger partial charge in [-0.25, -0.2) is 4.79 Å². The van der Waals surface area contributed by atoms with Crippen molar-refractivity contribution in [3.8, 4) is 5.75 Å². The standard InChI is InChI=1S/C21H34N2O9/c1-21(2,3)32-20(24)22-8-9-27-10-11-28-12-13-29-14-15-30-16-17-31-19-6-4-18(5-7-19)23(25)26/h4-7H,8-17H2,1-3H3,(H,22,24). The zero-order chi connectivity index (χ0) is 23.7. The molecule has 0 atom stereocenters. The molecule has 0 bridgehead atoms. The molecular weight excluding hydrogens is 424 g/mol. The Balaban J connectivity index is 1.81. The Morgan fingerprint density at radius 3 is 1.78 bits per heavy atom. The van der Waals surface area contributed by atoms with Gasteiger partial charge in [-0.2, -0.15) is 0 Å². The van der Waals surface area contributed by atoms with Crippen LogP contribution in [0.2, 0.25) is 0 Å². The fourth-order valence-corrected chi connectivity index (χ4v) is 2.18. The normalized spacial score (nSPS) is 11.2. The van der Waals surface area contributed by atoms with Crippen molar-refractivity contribution in [1.82, 2.24) is 5.32 Å². The first kappa shape index (κ1) is 27.6. The molecule has 0 aliphatic heterocycles. The van der Waals surface area contributed by atoms with Crippen molar-refractivity contribution in [1.29, 1.82) is 0 Å². The van der Waals surface area contributed by atoms with Crippen LogP contribution in [0.25, 0.3) is 0 Å². The minimum atomic E-state index is -0.515. The average molecular weight is 459 g/mol. The first-order valence-corrected chi connectivity index (χ1v) is 10.4. The van der Waals surface area contributed by atoms with E-state index >= 15 is 0 Å². The van der Waals surface area contributed by atoms with Crippen LogP contribution in [0, 0.1) is 10.1 Å². The molecule has 1 N–H and O–H groups in total. The van der Waals surface area contributed by atoms with Gasteiger partial charge in [-0.15, -0.1) is 0 Å². The molecule has 1 rings (SSSR count). The lowest BCUT2D eigenvalue weighted by molar-refractivity contribution is -0.384. The second-order valence-corrected chi connectivity index (χ2v) is 7.48. The number of hydrogen-bond donors (Lipinski definition) is 1. The van der Waals surface area contributed by atoms with Crippen LogP contribution in [-0.4, -0.2) is 82.6 Å². The third-order valence-corrected chi connectivity index (χ3v) is 3.57. The van der Waals surface area contributed by atoms with Gasteiger partial charge in [0.25, 0.3) is 5.69 Å². The van der Waals surface area contributed by atoms with Crippen LogP contribution in [0.4, 0.5) is 10.5 Å². The third kappa shape index (κ3) is 15.3. The van der Waals surface area contributed by atoms with E-state index in [1.54, 1.807) is 32.9 Å². The molecule has 0 heterocycles. The number of nitrogens with one attached hydrogen (secondary N) is 1. The number of amides is 1. The largest absolute Gasteiger partial charge is 0.491 e. The minimum Gasteiger partial charge on any atom is -0.491 e. The molecule has 182 valence electrons. The van der Waals surface area contributed by atoms with E-state index in [1.807, 2.05) is 0 Å². The highest BCUT2D eigenvalue weighted by atomic mass is 16.6. The highest BCUT2D eigenvalue weighted by Crippen LogP contribution is 2.17. The van der Waals surface area contributed by atoms with Gasteiger partial charge < -0.3 is 33.7 Å². The van der Waals surface area contributed by atoms with E-state index in [-0.39, 0.29) is 5.69 Å². The van der Waals surface area contributed by atoms with E-state index in [0.717, 1.165) is 0 Å². The van der Waals surface area contributed by atoms with Crippen LogP contribution < -0.4 is 10.1 Å². The number of ether oxygens (including phenoxy) is 6. The van der Waals surface area contributed by atoms with Crippen LogP contribution in [0.5, 0.6) is 5.75 Å². The van der Waals surface area contributed by atoms with Gasteiger partial charge in [0, 0.05) is 18.7 Å². The second kappa shape index (κ2) is 16.2. The van der Waals surface area contributed by atoms with E-state index in [1.165, 1.54) is 12.1 Å². The molecule has 1 aromatic carbocycles. The van der Waals surface area contributed by atoms with Crippen molar-refractivity contribution >= 4 is 11.8 Å². The summed E-state index contributed by atoms with van der Waals surface area (Å²) in [6, 6.07) is 5.88. The van der Waals surface area contributed by atoms with Crippen LogP contribution in [-0.2, 0) is 23.7 Å². The summed E-state index contributed by atoms with van der Waals surface area (Å²) in [4.78, 5) is 21.5. The zero-order valence-electron chi connectivity index (χ0n) is 19.0. The minimum absolute atomic E-state index is 0.0230. The van der Waals surface area contributed by atoms with Gasteiger partial charge in [-0.05, 0) is 32.9 Å². The van der Waals surface area contributed by atoms with Gasteiger partial charge in [-0.1, -0.05) is 0 Å². The predicted octanol–water partition coefficient (Wildman–Crippen LogP) is 2.56. The quantitative estimate of drug-likeness (QED) is 0.213. The number of hydrogen-bond acceptors (Lipinski definition) is 9. The van der Waals surface area contributed by atoms with Crippen LogP contribution in [0.3, 0.4) is 0 Å². The molecule has 0 aliphatic carbocycles. The highest BCUT2D eigenvalue weighted by Gasteiger charge is 2.15. The Morgan fingerprint density at radius 1 is 0.844 bits per heavy atom. The summed E-state index contributed by atoms with van der Waals surface area (Å²) in [5.41, 5.74) is -0.492. The number of benzene rings is 1. The lowest BCUT2D eigenvalue weighted by atomic mass is 10.2. The van der Waals surface area contributed by atoms with Crippen molar-refractivity contribution < 1.29 is 38.1 Å². The molecule has 0 aromatic heterocycles. The molecule has 11 heteroatoms. The summed E-state index contributed by atoms with van der Waals surface area (Å²) >= 11 is 0. The lowest BCUT2D eigenvalue weighted by Crippen LogP contribution is -2.34. The molecule has 0 aliphatic rings. The highest BCUT2D eigenvalue weighted by molar-refractivity contribution is 5.67. The molecule has 1 amide bonds. The van der Waals surface area contributed by atoms with E-state index in [0.29, 0.717) is 71.8 Å². The topological polar surface area (TPSA) is 128 Å². The molecule has 32 heavy (non-hydrogen) atoms. The van der Waals surface area contributed by atoms with Gasteiger partial charge in [0.2, 0.25) is 0 Å². The fourth-order valence-electron chi connectivity index (χ4n) is 2.18. The number of carbonyl (C=O) groups excluding carboxylic acids is 1. The average Bonchev–Trinajstić information content (AvgIpc) is 2.72. The second-order valence-electron chi connectivity index (χ2n) is 7.48. The predicted molar refractivity (Wildman–Crippen MR) is 116 cm³/mol. The zero-order valence-corrected chi connectivity index (χ0v) is 19.0. The third-order valence-electron chi connectivity index (χ3n) is 3.57. The number of nitrogens with zero attached hydrogens (tertiary/aromatic N) is 1. The summed E-state index contributed by atoms with van der Waals surface area (Å²) in [7, 11) is 0. The first-order chi connectivity index (χ1) is 15.3. The fraction of sp³-hybridized carbons (Fsp3) is 0.667. The van der Waals surface area contributed by atoms with Crippen molar-refractivity contribution in [2.45, 2.75) is 26.4 Å². The summed E-state index contributed by atoms with van der Waals surface area (Å²) < 4.78 is 32.0. The lowest BCUT2D eigenvalue weighted by Gasteiger charge is -2.19. The first-order valence-electron chi connectivity index (χ1n) is 10.4. The Kier molecular flexibility index (Phi) is 14.0. The molecular formula is C21H34N2O9. The van der Waals surface area contributed by atoms with Gasteiger partial charge in [0.15, 0.2) is 0 Å². The maximum atomic E-state index is 11.4. The Labute approximate surface area is 188 Å². The SMILES string of the molecule is CC(C)(C)OC(=O)NCCOCCOCCOCCOCCOc1ccc([N+](=O)[O-])cc1. The van der Waals surface area contributed by atoms with Crippen LogP contribution in [0.15, 0.2) is 24.3 Å². The van der Waals surface area contributed by atoms with E-state index in [4.69, 9.17) is 28.4 Å². The summed E-state index contributed by atoms with van der Waals surface area (Å²) in [6.45, 7) is 9.51. The van der Waals surface area contributed by atoms with Crippen LogP contribution in [0.1, 0.15) is 20.8 Å². The van der Waals surface area contributed by atoms with Gasteiger partial charge in [0.1, 0.15) is 18.0 Å². The van der Waals surface area contributed by atoms with Crippen molar-refractivity contribution in [3.05, 3.63) is 34.4 Å². The monoisotopic (exact) mass is 458 g/mol. The molecule has 0 spiro atoms. The maximum absolute atomic E-state index is 11.4. The Morgan fingerprint density at radius 2 is 1.31 bits per heavy atom. The van der Waals surface area contributed by atoms with Crippen LogP contribution >= 0.6 is 0 Å². The summed E-state index contributed by atoms with van der Waals surface area (Å²) in [6.07, 6.45) is -0.463.